The molecule has 1 heterocycles. The van der Waals surface area contributed by atoms with Crippen molar-refractivity contribution in [1.82, 2.24) is 4.90 Å². The minimum absolute atomic E-state index is 0.242. The van der Waals surface area contributed by atoms with Crippen molar-refractivity contribution in [3.63, 3.8) is 0 Å². The molecule has 1 aromatic rings. The molecular weight excluding hydrogens is 210 g/mol. The van der Waals surface area contributed by atoms with Gasteiger partial charge in [0.2, 0.25) is 0 Å². The molecule has 3 rings (SSSR count). The summed E-state index contributed by atoms with van der Waals surface area (Å²) < 4.78 is 0. The number of rotatable bonds is 2. The molecule has 1 aliphatic heterocycles. The van der Waals surface area contributed by atoms with Crippen molar-refractivity contribution in [2.75, 3.05) is 19.6 Å². The highest BCUT2D eigenvalue weighted by Crippen LogP contribution is 2.36. The van der Waals surface area contributed by atoms with Crippen molar-refractivity contribution in [2.24, 2.45) is 5.92 Å². The van der Waals surface area contributed by atoms with E-state index in [2.05, 4.69) is 23.1 Å². The van der Waals surface area contributed by atoms with Crippen molar-refractivity contribution in [1.29, 1.82) is 0 Å². The number of hydrogen-bond donors (Lipinski definition) is 1. The molecule has 0 saturated carbocycles. The van der Waals surface area contributed by atoms with Crippen LogP contribution in [0, 0.1) is 5.92 Å². The fourth-order valence-corrected chi connectivity index (χ4v) is 3.29. The van der Waals surface area contributed by atoms with Gasteiger partial charge in [-0.05, 0) is 43.5 Å². The van der Waals surface area contributed by atoms with Crippen molar-refractivity contribution < 1.29 is 5.11 Å². The molecule has 0 aromatic heterocycles. The topological polar surface area (TPSA) is 23.5 Å². The van der Waals surface area contributed by atoms with Gasteiger partial charge < -0.3 is 10.0 Å². The predicted octanol–water partition coefficient (Wildman–Crippen LogP) is 2.38. The first-order valence-electron chi connectivity index (χ1n) is 6.83. The van der Waals surface area contributed by atoms with Crippen LogP contribution < -0.4 is 0 Å². The molecule has 1 unspecified atom stereocenters. The Morgan fingerprint density at radius 3 is 2.65 bits per heavy atom. The van der Waals surface area contributed by atoms with Gasteiger partial charge in [0, 0.05) is 12.5 Å². The van der Waals surface area contributed by atoms with Crippen LogP contribution in [0.25, 0.3) is 0 Å². The Balaban J connectivity index is 1.67. The highest BCUT2D eigenvalue weighted by molar-refractivity contribution is 5.34. The van der Waals surface area contributed by atoms with Gasteiger partial charge in [0.15, 0.2) is 0 Å². The van der Waals surface area contributed by atoms with E-state index >= 15 is 0 Å². The molecule has 0 amide bonds. The first-order chi connectivity index (χ1) is 8.34. The van der Waals surface area contributed by atoms with E-state index in [4.69, 9.17) is 0 Å². The van der Waals surface area contributed by atoms with E-state index in [1.807, 2.05) is 6.07 Å². The maximum atomic E-state index is 10.3. The van der Waals surface area contributed by atoms with E-state index in [-0.39, 0.29) is 6.10 Å². The Labute approximate surface area is 103 Å². The number of piperidine rings is 1. The van der Waals surface area contributed by atoms with Gasteiger partial charge >= 0.3 is 0 Å². The molecule has 1 aromatic carbocycles. The molecule has 2 aliphatic rings. The largest absolute Gasteiger partial charge is 0.388 e. The average molecular weight is 231 g/mol. The summed E-state index contributed by atoms with van der Waals surface area (Å²) in [6.45, 7) is 3.51. The Morgan fingerprint density at radius 2 is 1.88 bits per heavy atom. The lowest BCUT2D eigenvalue weighted by Crippen LogP contribution is -2.35. The summed E-state index contributed by atoms with van der Waals surface area (Å²) in [5.74, 6) is 0.408. The summed E-state index contributed by atoms with van der Waals surface area (Å²) in [4.78, 5) is 2.53. The standard InChI is InChI=1S/C15H21NO/c17-15-13(11-16-8-4-1-5-9-16)10-12-6-2-3-7-14(12)15/h2-3,6-7,13,15,17H,1,4-5,8-11H2/t13-,15?/m1/s1. The first-order valence-corrected chi connectivity index (χ1v) is 6.83. The number of aliphatic hydroxyl groups excluding tert-OH is 1. The molecule has 1 fully saturated rings. The van der Waals surface area contributed by atoms with E-state index in [1.54, 1.807) is 0 Å². The summed E-state index contributed by atoms with van der Waals surface area (Å²) in [5.41, 5.74) is 2.51. The summed E-state index contributed by atoms with van der Waals surface area (Å²) in [6, 6.07) is 8.35. The fourth-order valence-electron chi connectivity index (χ4n) is 3.29. The molecule has 1 N–H and O–H groups in total. The zero-order valence-corrected chi connectivity index (χ0v) is 10.3. The minimum Gasteiger partial charge on any atom is -0.388 e. The summed E-state index contributed by atoms with van der Waals surface area (Å²) >= 11 is 0. The van der Waals surface area contributed by atoms with Crippen LogP contribution in [-0.4, -0.2) is 29.6 Å². The maximum Gasteiger partial charge on any atom is 0.0836 e. The number of fused-ring (bicyclic) bond motifs is 1. The van der Waals surface area contributed by atoms with Gasteiger partial charge in [-0.2, -0.15) is 0 Å². The Bertz CT molecular complexity index is 384. The molecule has 2 atom stereocenters. The van der Waals surface area contributed by atoms with Crippen LogP contribution >= 0.6 is 0 Å². The van der Waals surface area contributed by atoms with Crippen molar-refractivity contribution in [2.45, 2.75) is 31.8 Å². The van der Waals surface area contributed by atoms with Gasteiger partial charge in [-0.15, -0.1) is 0 Å². The number of hydrogen-bond acceptors (Lipinski definition) is 2. The van der Waals surface area contributed by atoms with E-state index < -0.39 is 0 Å². The molecule has 92 valence electrons. The fraction of sp³-hybridized carbons (Fsp3) is 0.600. The Morgan fingerprint density at radius 1 is 1.12 bits per heavy atom. The second kappa shape index (κ2) is 4.79. The molecule has 2 nitrogen and oxygen atoms in total. The quantitative estimate of drug-likeness (QED) is 0.844. The highest BCUT2D eigenvalue weighted by atomic mass is 16.3. The molecule has 2 heteroatoms. The van der Waals surface area contributed by atoms with Crippen LogP contribution in [0.5, 0.6) is 0 Å². The molecule has 0 spiro atoms. The smallest absolute Gasteiger partial charge is 0.0836 e. The molecular formula is C15H21NO. The van der Waals surface area contributed by atoms with Gasteiger partial charge in [0.1, 0.15) is 0 Å². The van der Waals surface area contributed by atoms with Crippen molar-refractivity contribution in [3.05, 3.63) is 35.4 Å². The molecule has 0 radical (unpaired) electrons. The summed E-state index contributed by atoms with van der Waals surface area (Å²) in [6.07, 6.45) is 4.84. The third-order valence-corrected chi connectivity index (χ3v) is 4.24. The second-order valence-electron chi connectivity index (χ2n) is 5.47. The normalized spacial score (nSPS) is 29.2. The zero-order chi connectivity index (χ0) is 11.7. The van der Waals surface area contributed by atoms with E-state index in [1.165, 1.54) is 37.9 Å². The van der Waals surface area contributed by atoms with Gasteiger partial charge in [-0.1, -0.05) is 30.7 Å². The maximum absolute atomic E-state index is 10.3. The average Bonchev–Trinajstić information content (AvgIpc) is 2.68. The molecule has 0 bridgehead atoms. The van der Waals surface area contributed by atoms with Crippen molar-refractivity contribution in [3.8, 4) is 0 Å². The van der Waals surface area contributed by atoms with E-state index in [0.717, 1.165) is 18.5 Å². The highest BCUT2D eigenvalue weighted by Gasteiger charge is 2.31. The van der Waals surface area contributed by atoms with Crippen molar-refractivity contribution >= 4 is 0 Å². The third-order valence-electron chi connectivity index (χ3n) is 4.24. The monoisotopic (exact) mass is 231 g/mol. The SMILES string of the molecule is OC1c2ccccc2C[C@@H]1CN1CCCCC1. The molecule has 1 aliphatic carbocycles. The van der Waals surface area contributed by atoms with E-state index in [0.29, 0.717) is 5.92 Å². The Kier molecular flexibility index (Phi) is 3.17. The molecule has 1 saturated heterocycles. The van der Waals surface area contributed by atoms with E-state index in [9.17, 15) is 5.11 Å². The number of likely N-dealkylation sites (tertiary alicyclic amines) is 1. The third kappa shape index (κ3) is 2.24. The molecule has 17 heavy (non-hydrogen) atoms. The summed E-state index contributed by atoms with van der Waals surface area (Å²) in [7, 11) is 0. The second-order valence-corrected chi connectivity index (χ2v) is 5.47. The first kappa shape index (κ1) is 11.2. The van der Waals surface area contributed by atoms with Crippen LogP contribution in [0.2, 0.25) is 0 Å². The number of nitrogens with zero attached hydrogens (tertiary/aromatic N) is 1. The lowest BCUT2D eigenvalue weighted by Gasteiger charge is -2.30. The van der Waals surface area contributed by atoms with Gasteiger partial charge in [0.25, 0.3) is 0 Å². The van der Waals surface area contributed by atoms with Crippen LogP contribution in [0.1, 0.15) is 36.5 Å². The number of aliphatic hydroxyl groups is 1. The lowest BCUT2D eigenvalue weighted by atomic mass is 10.0. The van der Waals surface area contributed by atoms with Crippen LogP contribution in [0.3, 0.4) is 0 Å². The van der Waals surface area contributed by atoms with Crippen LogP contribution in [0.15, 0.2) is 24.3 Å². The van der Waals surface area contributed by atoms with Crippen LogP contribution in [0.4, 0.5) is 0 Å². The van der Waals surface area contributed by atoms with Gasteiger partial charge in [0.05, 0.1) is 6.10 Å². The number of benzene rings is 1. The van der Waals surface area contributed by atoms with Gasteiger partial charge in [-0.25, -0.2) is 0 Å². The Hall–Kier alpha value is -0.860. The van der Waals surface area contributed by atoms with Crippen LogP contribution in [-0.2, 0) is 6.42 Å². The predicted molar refractivity (Wildman–Crippen MR) is 68.9 cm³/mol. The van der Waals surface area contributed by atoms with Gasteiger partial charge in [-0.3, -0.25) is 0 Å². The summed E-state index contributed by atoms with van der Waals surface area (Å²) in [5, 5.41) is 10.3. The minimum atomic E-state index is -0.242. The zero-order valence-electron chi connectivity index (χ0n) is 10.3. The lowest BCUT2D eigenvalue weighted by molar-refractivity contribution is 0.0855.